The Hall–Kier alpha value is -0.830. The Morgan fingerprint density at radius 3 is 2.93 bits per heavy atom. The van der Waals surface area contributed by atoms with Crippen LogP contribution in [-0.2, 0) is 13.0 Å². The van der Waals surface area contributed by atoms with Crippen LogP contribution >= 0.6 is 0 Å². The van der Waals surface area contributed by atoms with E-state index in [9.17, 15) is 0 Å². The number of aliphatic hydroxyl groups is 1. The normalized spacial score (nSPS) is 30.1. The second kappa shape index (κ2) is 2.64. The highest BCUT2D eigenvalue weighted by molar-refractivity contribution is 5.45. The monoisotopic (exact) mass is 206 g/mol. The van der Waals surface area contributed by atoms with E-state index in [2.05, 4.69) is 25.9 Å². The predicted molar refractivity (Wildman–Crippen MR) is 57.8 cm³/mol. The third kappa shape index (κ3) is 1.02. The summed E-state index contributed by atoms with van der Waals surface area (Å²) in [6.07, 6.45) is 1.16. The summed E-state index contributed by atoms with van der Waals surface area (Å²) in [5.41, 5.74) is 4.54. The van der Waals surface area contributed by atoms with E-state index in [-0.39, 0.29) is 6.61 Å². The lowest BCUT2D eigenvalue weighted by Gasteiger charge is -2.10. The number of aromatic nitrogens is 2. The van der Waals surface area contributed by atoms with E-state index < -0.39 is 0 Å². The fourth-order valence-corrected chi connectivity index (χ4v) is 3.45. The van der Waals surface area contributed by atoms with Gasteiger partial charge in [0.2, 0.25) is 0 Å². The Kier molecular flexibility index (Phi) is 1.66. The molecule has 1 aromatic rings. The van der Waals surface area contributed by atoms with Crippen LogP contribution in [0, 0.1) is 18.3 Å². The SMILES string of the molecule is Cc1nn(CCO)c2c1C1C(C2)C1(C)C. The molecule has 1 fully saturated rings. The third-order valence-corrected chi connectivity index (χ3v) is 4.37. The van der Waals surface area contributed by atoms with E-state index in [0.717, 1.165) is 18.3 Å². The molecule has 3 nitrogen and oxygen atoms in total. The van der Waals surface area contributed by atoms with Crippen molar-refractivity contribution < 1.29 is 5.11 Å². The summed E-state index contributed by atoms with van der Waals surface area (Å²) in [7, 11) is 0. The van der Waals surface area contributed by atoms with Crippen LogP contribution in [0.25, 0.3) is 0 Å². The van der Waals surface area contributed by atoms with Gasteiger partial charge in [-0.05, 0) is 30.6 Å². The number of aryl methyl sites for hydroxylation is 1. The Morgan fingerprint density at radius 2 is 2.27 bits per heavy atom. The van der Waals surface area contributed by atoms with Gasteiger partial charge in [0.1, 0.15) is 0 Å². The van der Waals surface area contributed by atoms with E-state index in [4.69, 9.17) is 5.11 Å². The average Bonchev–Trinajstić information content (AvgIpc) is 2.54. The molecule has 2 aliphatic carbocycles. The highest BCUT2D eigenvalue weighted by Crippen LogP contribution is 2.70. The lowest BCUT2D eigenvalue weighted by Crippen LogP contribution is -2.10. The van der Waals surface area contributed by atoms with Crippen LogP contribution in [0.1, 0.15) is 36.7 Å². The maximum Gasteiger partial charge on any atom is 0.0644 e. The van der Waals surface area contributed by atoms with E-state index in [1.54, 1.807) is 0 Å². The first-order valence-corrected chi connectivity index (χ1v) is 5.74. The molecule has 2 atom stereocenters. The van der Waals surface area contributed by atoms with Crippen LogP contribution < -0.4 is 0 Å². The van der Waals surface area contributed by atoms with Crippen molar-refractivity contribution in [3.63, 3.8) is 0 Å². The molecule has 1 saturated carbocycles. The molecule has 2 unspecified atom stereocenters. The zero-order chi connectivity index (χ0) is 10.8. The Balaban J connectivity index is 2.03. The Bertz CT molecular complexity index is 420. The van der Waals surface area contributed by atoms with E-state index in [1.165, 1.54) is 17.0 Å². The molecular weight excluding hydrogens is 188 g/mol. The summed E-state index contributed by atoms with van der Waals surface area (Å²) in [5, 5.41) is 13.5. The first-order chi connectivity index (χ1) is 7.07. The molecule has 0 radical (unpaired) electrons. The molecule has 0 aliphatic heterocycles. The van der Waals surface area contributed by atoms with Crippen molar-refractivity contribution in [2.45, 2.75) is 39.7 Å². The fourth-order valence-electron chi connectivity index (χ4n) is 3.45. The molecule has 3 rings (SSSR count). The summed E-state index contributed by atoms with van der Waals surface area (Å²) in [6, 6.07) is 0. The van der Waals surface area contributed by atoms with Crippen molar-refractivity contribution in [3.05, 3.63) is 17.0 Å². The van der Waals surface area contributed by atoms with E-state index in [0.29, 0.717) is 12.0 Å². The molecule has 0 bridgehead atoms. The van der Waals surface area contributed by atoms with Gasteiger partial charge in [-0.25, -0.2) is 0 Å². The van der Waals surface area contributed by atoms with Crippen molar-refractivity contribution in [1.29, 1.82) is 0 Å². The Labute approximate surface area is 90.1 Å². The van der Waals surface area contributed by atoms with Crippen LogP contribution in [-0.4, -0.2) is 21.5 Å². The minimum atomic E-state index is 0.187. The van der Waals surface area contributed by atoms with Crippen molar-refractivity contribution in [3.8, 4) is 0 Å². The second-order valence-corrected chi connectivity index (χ2v) is 5.50. The molecule has 15 heavy (non-hydrogen) atoms. The molecule has 1 aromatic heterocycles. The molecule has 0 aromatic carbocycles. The molecule has 0 spiro atoms. The predicted octanol–water partition coefficient (Wildman–Crippen LogP) is 1.48. The smallest absolute Gasteiger partial charge is 0.0644 e. The van der Waals surface area contributed by atoms with Crippen LogP contribution in [0.15, 0.2) is 0 Å². The summed E-state index contributed by atoms with van der Waals surface area (Å²) in [5.74, 6) is 1.56. The minimum absolute atomic E-state index is 0.187. The van der Waals surface area contributed by atoms with Crippen LogP contribution in [0.3, 0.4) is 0 Å². The summed E-state index contributed by atoms with van der Waals surface area (Å²) >= 11 is 0. The zero-order valence-electron chi connectivity index (χ0n) is 9.62. The van der Waals surface area contributed by atoms with E-state index >= 15 is 0 Å². The Morgan fingerprint density at radius 1 is 1.53 bits per heavy atom. The van der Waals surface area contributed by atoms with Gasteiger partial charge in [-0.15, -0.1) is 0 Å². The standard InChI is InChI=1S/C12H18N2O/c1-7-10-9(14(13-7)4-5-15)6-8-11(10)12(8,2)3/h8,11,15H,4-6H2,1-3H3. The van der Waals surface area contributed by atoms with E-state index in [1.807, 2.05) is 4.68 Å². The van der Waals surface area contributed by atoms with Gasteiger partial charge < -0.3 is 5.11 Å². The van der Waals surface area contributed by atoms with Gasteiger partial charge in [0.25, 0.3) is 0 Å². The number of aliphatic hydroxyl groups excluding tert-OH is 1. The molecule has 2 aliphatic rings. The maximum atomic E-state index is 8.98. The largest absolute Gasteiger partial charge is 0.394 e. The second-order valence-electron chi connectivity index (χ2n) is 5.50. The first kappa shape index (κ1) is 9.40. The van der Waals surface area contributed by atoms with Crippen molar-refractivity contribution in [2.24, 2.45) is 11.3 Å². The molecule has 82 valence electrons. The van der Waals surface area contributed by atoms with Crippen LogP contribution in [0.2, 0.25) is 0 Å². The molecule has 0 amide bonds. The molecule has 3 heteroatoms. The van der Waals surface area contributed by atoms with Gasteiger partial charge in [0, 0.05) is 11.3 Å². The highest BCUT2D eigenvalue weighted by atomic mass is 16.3. The van der Waals surface area contributed by atoms with Gasteiger partial charge in [0.15, 0.2) is 0 Å². The zero-order valence-corrected chi connectivity index (χ0v) is 9.62. The van der Waals surface area contributed by atoms with Crippen LogP contribution in [0.5, 0.6) is 0 Å². The number of hydrogen-bond donors (Lipinski definition) is 1. The number of nitrogens with zero attached hydrogens (tertiary/aromatic N) is 2. The number of fused-ring (bicyclic) bond motifs is 3. The minimum Gasteiger partial charge on any atom is -0.394 e. The first-order valence-electron chi connectivity index (χ1n) is 5.74. The summed E-state index contributed by atoms with van der Waals surface area (Å²) < 4.78 is 2.01. The number of rotatable bonds is 2. The van der Waals surface area contributed by atoms with Gasteiger partial charge in [-0.3, -0.25) is 4.68 Å². The van der Waals surface area contributed by atoms with Gasteiger partial charge in [-0.1, -0.05) is 13.8 Å². The van der Waals surface area contributed by atoms with Gasteiger partial charge in [-0.2, -0.15) is 5.10 Å². The average molecular weight is 206 g/mol. The molecular formula is C12H18N2O. The van der Waals surface area contributed by atoms with Crippen LogP contribution in [0.4, 0.5) is 0 Å². The molecule has 0 saturated heterocycles. The topological polar surface area (TPSA) is 38.0 Å². The summed E-state index contributed by atoms with van der Waals surface area (Å²) in [6.45, 7) is 7.65. The summed E-state index contributed by atoms with van der Waals surface area (Å²) in [4.78, 5) is 0. The van der Waals surface area contributed by atoms with Gasteiger partial charge in [0.05, 0.1) is 18.8 Å². The molecule has 1 heterocycles. The van der Waals surface area contributed by atoms with Gasteiger partial charge >= 0.3 is 0 Å². The molecule has 1 N–H and O–H groups in total. The number of hydrogen-bond acceptors (Lipinski definition) is 2. The third-order valence-electron chi connectivity index (χ3n) is 4.37. The quantitative estimate of drug-likeness (QED) is 0.796. The van der Waals surface area contributed by atoms with Crippen molar-refractivity contribution >= 4 is 0 Å². The van der Waals surface area contributed by atoms with Crippen molar-refractivity contribution in [1.82, 2.24) is 9.78 Å². The highest BCUT2D eigenvalue weighted by Gasteiger charge is 2.63. The maximum absolute atomic E-state index is 8.98. The lowest BCUT2D eigenvalue weighted by atomic mass is 9.98. The van der Waals surface area contributed by atoms with Crippen molar-refractivity contribution in [2.75, 3.05) is 6.61 Å². The fraction of sp³-hybridized carbons (Fsp3) is 0.750. The lowest BCUT2D eigenvalue weighted by molar-refractivity contribution is 0.266.